The van der Waals surface area contributed by atoms with Crippen molar-refractivity contribution in [3.8, 4) is 16.2 Å². The molecular formula is C19H18N2O2S. The molecule has 122 valence electrons. The molecule has 0 spiro atoms. The number of methoxy groups -OCH3 is 1. The molecule has 5 heteroatoms. The van der Waals surface area contributed by atoms with Crippen molar-refractivity contribution < 1.29 is 9.53 Å². The van der Waals surface area contributed by atoms with E-state index in [1.165, 1.54) is 22.5 Å². The second kappa shape index (κ2) is 6.84. The van der Waals surface area contributed by atoms with Gasteiger partial charge in [0.25, 0.3) is 5.91 Å². The fourth-order valence-corrected chi connectivity index (χ4v) is 3.38. The monoisotopic (exact) mass is 338 g/mol. The molecule has 3 rings (SSSR count). The first-order valence-electron chi connectivity index (χ1n) is 7.55. The Kier molecular flexibility index (Phi) is 4.62. The zero-order valence-electron chi connectivity index (χ0n) is 13.8. The summed E-state index contributed by atoms with van der Waals surface area (Å²) >= 11 is 1.46. The molecule has 0 aliphatic heterocycles. The van der Waals surface area contributed by atoms with E-state index in [1.807, 2.05) is 0 Å². The van der Waals surface area contributed by atoms with Gasteiger partial charge in [-0.1, -0.05) is 41.2 Å². The second-order valence-electron chi connectivity index (χ2n) is 5.53. The molecule has 1 amide bonds. The molecule has 2 aromatic carbocycles. The molecule has 0 radical (unpaired) electrons. The van der Waals surface area contributed by atoms with Gasteiger partial charge in [-0.15, -0.1) is 0 Å². The van der Waals surface area contributed by atoms with Crippen LogP contribution in [0.15, 0.2) is 48.7 Å². The van der Waals surface area contributed by atoms with Crippen molar-refractivity contribution in [2.24, 2.45) is 0 Å². The first kappa shape index (κ1) is 16.2. The molecule has 0 unspecified atom stereocenters. The number of nitrogens with one attached hydrogen (secondary N) is 1. The highest BCUT2D eigenvalue weighted by Gasteiger charge is 2.11. The first-order chi connectivity index (χ1) is 11.6. The second-order valence-corrected chi connectivity index (χ2v) is 6.56. The summed E-state index contributed by atoms with van der Waals surface area (Å²) in [5.74, 6) is 0.452. The van der Waals surface area contributed by atoms with Gasteiger partial charge in [0.15, 0.2) is 5.13 Å². The van der Waals surface area contributed by atoms with Crippen LogP contribution in [0, 0.1) is 13.8 Å². The van der Waals surface area contributed by atoms with E-state index >= 15 is 0 Å². The van der Waals surface area contributed by atoms with Crippen LogP contribution in [0.5, 0.6) is 5.75 Å². The molecule has 0 aliphatic rings. The minimum absolute atomic E-state index is 0.199. The molecule has 0 atom stereocenters. The van der Waals surface area contributed by atoms with Crippen molar-refractivity contribution in [3.05, 3.63) is 65.4 Å². The van der Waals surface area contributed by atoms with Gasteiger partial charge < -0.3 is 4.74 Å². The summed E-state index contributed by atoms with van der Waals surface area (Å²) in [6.07, 6.45) is 1.80. The smallest absolute Gasteiger partial charge is 0.257 e. The van der Waals surface area contributed by atoms with Gasteiger partial charge >= 0.3 is 0 Å². The Morgan fingerprint density at radius 2 is 2.00 bits per heavy atom. The van der Waals surface area contributed by atoms with Crippen LogP contribution >= 0.6 is 11.3 Å². The molecule has 0 aliphatic carbocycles. The molecule has 0 saturated heterocycles. The molecule has 0 bridgehead atoms. The maximum atomic E-state index is 12.3. The predicted octanol–water partition coefficient (Wildman–Crippen LogP) is 4.69. The lowest BCUT2D eigenvalue weighted by Crippen LogP contribution is -2.11. The average molecular weight is 338 g/mol. The van der Waals surface area contributed by atoms with Crippen LogP contribution in [0.25, 0.3) is 10.4 Å². The number of nitrogens with zero attached hydrogens (tertiary/aromatic N) is 1. The van der Waals surface area contributed by atoms with E-state index in [9.17, 15) is 4.79 Å². The highest BCUT2D eigenvalue weighted by atomic mass is 32.1. The average Bonchev–Trinajstić information content (AvgIpc) is 3.03. The Morgan fingerprint density at radius 1 is 1.17 bits per heavy atom. The number of thiazole rings is 1. The maximum absolute atomic E-state index is 12.3. The van der Waals surface area contributed by atoms with Crippen molar-refractivity contribution in [3.63, 3.8) is 0 Å². The summed E-state index contributed by atoms with van der Waals surface area (Å²) in [5, 5.41) is 3.42. The van der Waals surface area contributed by atoms with E-state index in [4.69, 9.17) is 4.74 Å². The van der Waals surface area contributed by atoms with Crippen LogP contribution < -0.4 is 10.1 Å². The number of hydrogen-bond donors (Lipinski definition) is 1. The highest BCUT2D eigenvalue weighted by molar-refractivity contribution is 7.19. The molecule has 1 N–H and O–H groups in total. The van der Waals surface area contributed by atoms with E-state index in [2.05, 4.69) is 42.3 Å². The van der Waals surface area contributed by atoms with Crippen molar-refractivity contribution in [2.75, 3.05) is 12.4 Å². The number of benzene rings is 2. The minimum atomic E-state index is -0.199. The third-order valence-electron chi connectivity index (χ3n) is 3.71. The van der Waals surface area contributed by atoms with Gasteiger partial charge in [0.05, 0.1) is 12.0 Å². The lowest BCUT2D eigenvalue weighted by atomic mass is 10.1. The van der Waals surface area contributed by atoms with Crippen LogP contribution in [0.2, 0.25) is 0 Å². The lowest BCUT2D eigenvalue weighted by molar-refractivity contribution is 0.102. The summed E-state index contributed by atoms with van der Waals surface area (Å²) in [6.45, 7) is 4.15. The molecule has 3 aromatic rings. The Morgan fingerprint density at radius 3 is 2.75 bits per heavy atom. The predicted molar refractivity (Wildman–Crippen MR) is 98.0 cm³/mol. The first-order valence-corrected chi connectivity index (χ1v) is 8.37. The van der Waals surface area contributed by atoms with Crippen molar-refractivity contribution in [2.45, 2.75) is 13.8 Å². The fraction of sp³-hybridized carbons (Fsp3) is 0.158. The fourth-order valence-electron chi connectivity index (χ4n) is 2.48. The largest absolute Gasteiger partial charge is 0.497 e. The Balaban J connectivity index is 1.79. The molecular weight excluding hydrogens is 320 g/mol. The van der Waals surface area contributed by atoms with E-state index < -0.39 is 0 Å². The molecule has 0 saturated carbocycles. The van der Waals surface area contributed by atoms with Gasteiger partial charge in [0, 0.05) is 11.8 Å². The summed E-state index contributed by atoms with van der Waals surface area (Å²) in [6, 6.07) is 13.4. The Bertz CT molecular complexity index is 887. The van der Waals surface area contributed by atoms with Gasteiger partial charge in [-0.2, -0.15) is 0 Å². The molecule has 1 aromatic heterocycles. The number of aromatic nitrogens is 1. The molecule has 4 nitrogen and oxygen atoms in total. The third kappa shape index (κ3) is 3.46. The number of carbonyl (C=O) groups excluding carboxylic acids is 1. The SMILES string of the molecule is COc1cccc(C(=O)Nc2ncc(-c3ccc(C)cc3C)s2)c1. The van der Waals surface area contributed by atoms with Gasteiger partial charge in [-0.25, -0.2) is 4.98 Å². The van der Waals surface area contributed by atoms with Crippen LogP contribution in [-0.2, 0) is 0 Å². The summed E-state index contributed by atoms with van der Waals surface area (Å²) in [7, 11) is 1.58. The molecule has 1 heterocycles. The molecule has 0 fully saturated rings. The number of hydrogen-bond acceptors (Lipinski definition) is 4. The van der Waals surface area contributed by atoms with E-state index in [0.29, 0.717) is 16.4 Å². The standard InChI is InChI=1S/C19H18N2O2S/c1-12-7-8-16(13(2)9-12)17-11-20-19(24-17)21-18(22)14-5-4-6-15(10-14)23-3/h4-11H,1-3H3,(H,20,21,22). The summed E-state index contributed by atoms with van der Waals surface area (Å²) in [4.78, 5) is 17.7. The van der Waals surface area contributed by atoms with Crippen LogP contribution in [-0.4, -0.2) is 18.0 Å². The van der Waals surface area contributed by atoms with Crippen LogP contribution in [0.1, 0.15) is 21.5 Å². The number of aryl methyl sites for hydroxylation is 2. The number of amides is 1. The summed E-state index contributed by atoms with van der Waals surface area (Å²) < 4.78 is 5.15. The maximum Gasteiger partial charge on any atom is 0.257 e. The Labute approximate surface area is 145 Å². The van der Waals surface area contributed by atoms with E-state index in [0.717, 1.165) is 10.4 Å². The molecule has 24 heavy (non-hydrogen) atoms. The van der Waals surface area contributed by atoms with Gasteiger partial charge in [-0.3, -0.25) is 10.1 Å². The summed E-state index contributed by atoms with van der Waals surface area (Å²) in [5.41, 5.74) is 4.11. The number of ether oxygens (including phenoxy) is 1. The minimum Gasteiger partial charge on any atom is -0.497 e. The van der Waals surface area contributed by atoms with Crippen LogP contribution in [0.3, 0.4) is 0 Å². The van der Waals surface area contributed by atoms with Gasteiger partial charge in [0.2, 0.25) is 0 Å². The third-order valence-corrected chi connectivity index (χ3v) is 4.65. The van der Waals surface area contributed by atoms with Gasteiger partial charge in [-0.05, 0) is 43.2 Å². The number of anilines is 1. The Hall–Kier alpha value is -2.66. The zero-order valence-corrected chi connectivity index (χ0v) is 14.6. The number of carbonyl (C=O) groups is 1. The van der Waals surface area contributed by atoms with E-state index in [1.54, 1.807) is 37.6 Å². The van der Waals surface area contributed by atoms with E-state index in [-0.39, 0.29) is 5.91 Å². The zero-order chi connectivity index (χ0) is 17.1. The quantitative estimate of drug-likeness (QED) is 0.751. The van der Waals surface area contributed by atoms with Crippen molar-refractivity contribution >= 4 is 22.4 Å². The topological polar surface area (TPSA) is 51.2 Å². The van der Waals surface area contributed by atoms with Crippen molar-refractivity contribution in [1.29, 1.82) is 0 Å². The normalized spacial score (nSPS) is 10.5. The number of rotatable bonds is 4. The lowest BCUT2D eigenvalue weighted by Gasteiger charge is -2.04. The highest BCUT2D eigenvalue weighted by Crippen LogP contribution is 2.31. The van der Waals surface area contributed by atoms with Gasteiger partial charge in [0.1, 0.15) is 5.75 Å². The van der Waals surface area contributed by atoms with Crippen LogP contribution in [0.4, 0.5) is 5.13 Å². The van der Waals surface area contributed by atoms with Crippen molar-refractivity contribution in [1.82, 2.24) is 4.98 Å².